The first-order chi connectivity index (χ1) is 23.3. The third-order valence-corrected chi connectivity index (χ3v) is 12.4. The molecule has 2 bridgehead atoms. The summed E-state index contributed by atoms with van der Waals surface area (Å²) >= 11 is 1.37. The minimum atomic E-state index is -4.15. The monoisotopic (exact) mass is 722 g/mol. The first-order valence-electron chi connectivity index (χ1n) is 16.8. The molecule has 4 N–H and O–H groups in total. The number of benzene rings is 2. The number of halogens is 2. The maximum atomic E-state index is 14.2. The lowest BCUT2D eigenvalue weighted by Crippen LogP contribution is -2.52. The van der Waals surface area contributed by atoms with Gasteiger partial charge in [-0.2, -0.15) is 4.31 Å². The number of anilines is 1. The number of hydrogen-bond acceptors (Lipinski definition) is 10. The van der Waals surface area contributed by atoms with Gasteiger partial charge in [-0.1, -0.05) is 32.1 Å². The molecule has 4 fully saturated rings. The van der Waals surface area contributed by atoms with E-state index in [0.29, 0.717) is 22.7 Å². The highest BCUT2D eigenvalue weighted by Gasteiger charge is 2.46. The van der Waals surface area contributed by atoms with Crippen molar-refractivity contribution in [1.29, 1.82) is 0 Å². The summed E-state index contributed by atoms with van der Waals surface area (Å²) in [5.74, 6) is -2.34. The summed E-state index contributed by atoms with van der Waals surface area (Å²) in [6, 6.07) is 6.84. The largest absolute Gasteiger partial charge is 0.446 e. The van der Waals surface area contributed by atoms with Crippen molar-refractivity contribution in [3.05, 3.63) is 53.6 Å². The molecule has 3 aromatic rings. The number of nitrogens with zero attached hydrogens (tertiary/aromatic N) is 2. The number of rotatable bonds is 13. The van der Waals surface area contributed by atoms with Gasteiger partial charge in [0.2, 0.25) is 10.0 Å². The maximum absolute atomic E-state index is 14.2. The molecule has 0 radical (unpaired) electrons. The van der Waals surface area contributed by atoms with Gasteiger partial charge in [-0.3, -0.25) is 0 Å². The van der Waals surface area contributed by atoms with Crippen LogP contribution in [0.5, 0.6) is 0 Å². The van der Waals surface area contributed by atoms with Crippen molar-refractivity contribution >= 4 is 42.8 Å². The normalized spacial score (nSPS) is 25.4. The van der Waals surface area contributed by atoms with Gasteiger partial charge in [0.15, 0.2) is 11.4 Å². The molecule has 15 heteroatoms. The number of nitrogens with one attached hydrogen (secondary N) is 2. The average molecular weight is 723 g/mol. The third-order valence-electron chi connectivity index (χ3n) is 9.63. The molecule has 1 aromatic heterocycles. The number of amides is 1. The van der Waals surface area contributed by atoms with E-state index in [4.69, 9.17) is 9.47 Å². The van der Waals surface area contributed by atoms with E-state index in [1.54, 1.807) is 12.1 Å². The molecule has 11 nitrogen and oxygen atoms in total. The van der Waals surface area contributed by atoms with Gasteiger partial charge < -0.3 is 30.3 Å². The van der Waals surface area contributed by atoms with Gasteiger partial charge in [-0.15, -0.1) is 0 Å². The minimum Gasteiger partial charge on any atom is -0.446 e. The fourth-order valence-corrected chi connectivity index (χ4v) is 9.61. The van der Waals surface area contributed by atoms with Crippen LogP contribution in [-0.2, 0) is 25.9 Å². The number of sulfonamides is 1. The molecule has 5 unspecified atom stereocenters. The quantitative estimate of drug-likeness (QED) is 0.194. The van der Waals surface area contributed by atoms with Crippen LogP contribution in [0.15, 0.2) is 41.3 Å². The molecule has 0 spiro atoms. The summed E-state index contributed by atoms with van der Waals surface area (Å²) in [7, 11) is -4.15. The second kappa shape index (κ2) is 14.7. The van der Waals surface area contributed by atoms with Crippen LogP contribution in [-0.4, -0.2) is 84.3 Å². The highest BCUT2D eigenvalue weighted by atomic mass is 32.2. The molecule has 4 aliphatic rings. The number of carbonyl (C=O) groups excluding carboxylic acids is 1. The van der Waals surface area contributed by atoms with Gasteiger partial charge in [0.05, 0.1) is 33.9 Å². The van der Waals surface area contributed by atoms with E-state index in [1.807, 2.05) is 20.8 Å². The molecule has 7 rings (SSSR count). The average Bonchev–Trinajstić information content (AvgIpc) is 3.79. The van der Waals surface area contributed by atoms with Gasteiger partial charge in [-0.05, 0) is 73.9 Å². The molecule has 2 aliphatic heterocycles. The fraction of sp³-hybridized carbons (Fsp3) is 0.588. The molecule has 268 valence electrons. The number of alkyl carbamates (subject to hydrolysis) is 1. The molecule has 2 aliphatic carbocycles. The highest BCUT2D eigenvalue weighted by molar-refractivity contribution is 7.89. The van der Waals surface area contributed by atoms with Gasteiger partial charge in [-0.25, -0.2) is 27.0 Å². The lowest BCUT2D eigenvalue weighted by molar-refractivity contribution is -0.131. The van der Waals surface area contributed by atoms with E-state index in [9.17, 15) is 32.2 Å². The summed E-state index contributed by atoms with van der Waals surface area (Å²) in [6.45, 7) is 5.46. The number of thiazole rings is 1. The lowest BCUT2D eigenvalue weighted by atomic mass is 9.73. The Hall–Kier alpha value is -2.95. The summed E-state index contributed by atoms with van der Waals surface area (Å²) in [6.07, 6.45) is -0.528. The predicted molar refractivity (Wildman–Crippen MR) is 180 cm³/mol. The molecule has 1 amide bonds. The molecular formula is C34H44F2N4O7S2. The van der Waals surface area contributed by atoms with Crippen LogP contribution < -0.4 is 10.6 Å². The van der Waals surface area contributed by atoms with Gasteiger partial charge in [0, 0.05) is 43.0 Å². The zero-order valence-corrected chi connectivity index (χ0v) is 29.4. The topological polar surface area (TPSA) is 150 Å². The first-order valence-corrected chi connectivity index (χ1v) is 19.1. The Morgan fingerprint density at radius 1 is 1.12 bits per heavy atom. The van der Waals surface area contributed by atoms with E-state index < -0.39 is 58.8 Å². The number of hydrogen-bond donors (Lipinski definition) is 4. The van der Waals surface area contributed by atoms with Crippen molar-refractivity contribution in [1.82, 2.24) is 14.6 Å². The maximum Gasteiger partial charge on any atom is 0.407 e. The standard InChI is InChI=1S/C34H44F2N4O7S2/c1-18(2)15-40(49(44,45)25-7-9-27-30(14-25)48-33(38-27)37-24-5-6-24)16-29(41)28(12-20-10-22(35)13-23(36)11-20)39-34(43)47-31-19(3)26-8-4-21(31)17-46-32(26)42/h7,9-11,13-14,18-19,21,24,26,28-29,31-32,41-42H,4-6,8,12,15-17H2,1-3H3,(H,37,38)(H,39,43)/t19?,21?,26?,28-,29+,31?,32?/m0/s1. The van der Waals surface area contributed by atoms with Crippen LogP contribution in [0.25, 0.3) is 10.2 Å². The number of ether oxygens (including phenoxy) is 2. The number of carbonyl (C=O) groups is 1. The minimum absolute atomic E-state index is 0.0346. The number of aliphatic hydroxyl groups excluding tert-OH is 2. The SMILES string of the molecule is CC(C)CN(C[C@@H](O)[C@H](Cc1cc(F)cc(F)c1)NC(=O)OC1C2CCC(C(O)OC2)C1C)S(=O)(=O)c1ccc2nc(NC3CC3)sc2c1. The molecule has 2 saturated heterocycles. The second-order valence-electron chi connectivity index (χ2n) is 14.0. The van der Waals surface area contributed by atoms with E-state index in [1.165, 1.54) is 21.7 Å². The molecule has 49 heavy (non-hydrogen) atoms. The third kappa shape index (κ3) is 8.51. The van der Waals surface area contributed by atoms with Crippen LogP contribution in [0, 0.1) is 35.3 Å². The van der Waals surface area contributed by atoms with Gasteiger partial charge in [0.1, 0.15) is 17.7 Å². The van der Waals surface area contributed by atoms with Crippen molar-refractivity contribution < 1.29 is 41.7 Å². The number of aromatic nitrogens is 1. The Labute approximate surface area is 289 Å². The Kier molecular flexibility index (Phi) is 10.8. The summed E-state index contributed by atoms with van der Waals surface area (Å²) in [5.41, 5.74) is 0.828. The zero-order valence-electron chi connectivity index (χ0n) is 27.7. The Morgan fingerprint density at radius 3 is 2.55 bits per heavy atom. The van der Waals surface area contributed by atoms with Crippen molar-refractivity contribution in [3.63, 3.8) is 0 Å². The summed E-state index contributed by atoms with van der Waals surface area (Å²) in [4.78, 5) is 18.0. The van der Waals surface area contributed by atoms with E-state index >= 15 is 0 Å². The van der Waals surface area contributed by atoms with Crippen LogP contribution in [0.4, 0.5) is 18.7 Å². The van der Waals surface area contributed by atoms with E-state index in [2.05, 4.69) is 15.6 Å². The Balaban J connectivity index is 1.23. The first kappa shape index (κ1) is 35.9. The van der Waals surface area contributed by atoms with E-state index in [0.717, 1.165) is 42.6 Å². The zero-order chi connectivity index (χ0) is 35.0. The van der Waals surface area contributed by atoms with Gasteiger partial charge in [0.25, 0.3) is 0 Å². The molecule has 2 saturated carbocycles. The van der Waals surface area contributed by atoms with Gasteiger partial charge >= 0.3 is 6.09 Å². The molecule has 2 aromatic carbocycles. The smallest absolute Gasteiger partial charge is 0.407 e. The Morgan fingerprint density at radius 2 is 1.86 bits per heavy atom. The van der Waals surface area contributed by atoms with Crippen molar-refractivity contribution in [2.45, 2.75) is 88.4 Å². The van der Waals surface area contributed by atoms with Crippen LogP contribution in [0.1, 0.15) is 52.0 Å². The summed E-state index contributed by atoms with van der Waals surface area (Å²) < 4.78 is 69.9. The number of fused-ring (bicyclic) bond motifs is 5. The van der Waals surface area contributed by atoms with Crippen LogP contribution in [0.2, 0.25) is 0 Å². The molecule has 3 heterocycles. The molecule has 7 atom stereocenters. The van der Waals surface area contributed by atoms with E-state index in [-0.39, 0.29) is 53.7 Å². The van der Waals surface area contributed by atoms with Crippen LogP contribution in [0.3, 0.4) is 0 Å². The van der Waals surface area contributed by atoms with Crippen molar-refractivity contribution in [2.75, 3.05) is 25.0 Å². The Bertz CT molecular complexity index is 1730. The fourth-order valence-electron chi connectivity index (χ4n) is 6.90. The number of aliphatic hydroxyl groups is 2. The predicted octanol–water partition coefficient (Wildman–Crippen LogP) is 4.87. The molecular weight excluding hydrogens is 679 g/mol. The van der Waals surface area contributed by atoms with Crippen molar-refractivity contribution in [2.24, 2.45) is 23.7 Å². The second-order valence-corrected chi connectivity index (χ2v) is 17.0. The highest BCUT2D eigenvalue weighted by Crippen LogP contribution is 2.41. The van der Waals surface area contributed by atoms with Crippen LogP contribution >= 0.6 is 11.3 Å². The summed E-state index contributed by atoms with van der Waals surface area (Å²) in [5, 5.41) is 28.7. The lowest BCUT2D eigenvalue weighted by Gasteiger charge is -2.38. The van der Waals surface area contributed by atoms with Crippen molar-refractivity contribution in [3.8, 4) is 0 Å².